The van der Waals surface area contributed by atoms with Crippen LogP contribution in [-0.4, -0.2) is 43.9 Å². The van der Waals surface area contributed by atoms with E-state index in [1.54, 1.807) is 6.08 Å². The molecule has 0 aromatic carbocycles. The Labute approximate surface area is 147 Å². The van der Waals surface area contributed by atoms with Gasteiger partial charge in [-0.1, -0.05) is 37.5 Å². The van der Waals surface area contributed by atoms with Crippen LogP contribution in [0, 0.1) is 5.92 Å². The average molecular weight is 347 g/mol. The molecule has 0 radical (unpaired) electrons. The molecule has 3 aliphatic rings. The van der Waals surface area contributed by atoms with E-state index in [1.807, 2.05) is 6.08 Å². The number of nitrogens with one attached hydrogen (secondary N) is 1. The van der Waals surface area contributed by atoms with Crippen molar-refractivity contribution < 1.29 is 23.8 Å². The molecule has 2 unspecified atom stereocenters. The zero-order valence-electron chi connectivity index (χ0n) is 14.7. The first kappa shape index (κ1) is 18.0. The van der Waals surface area contributed by atoms with Crippen LogP contribution in [0.1, 0.15) is 32.1 Å². The van der Waals surface area contributed by atoms with Crippen molar-refractivity contribution in [3.05, 3.63) is 36.1 Å². The topological polar surface area (TPSA) is 77.2 Å². The second-order valence-electron chi connectivity index (χ2n) is 6.64. The molecule has 3 rings (SSSR count). The molecule has 6 heteroatoms. The molecule has 1 N–H and O–H groups in total. The van der Waals surface area contributed by atoms with E-state index in [1.165, 1.54) is 58.5 Å². The van der Waals surface area contributed by atoms with Gasteiger partial charge in [0.25, 0.3) is 0 Å². The van der Waals surface area contributed by atoms with Gasteiger partial charge in [0.05, 0.1) is 5.70 Å². The largest absolute Gasteiger partial charge is 0.355 e. The Balaban J connectivity index is 1.60. The summed E-state index contributed by atoms with van der Waals surface area (Å²) in [6.45, 7) is 0. The van der Waals surface area contributed by atoms with Crippen LogP contribution in [0.3, 0.4) is 0 Å². The van der Waals surface area contributed by atoms with Gasteiger partial charge in [-0.3, -0.25) is 9.59 Å². The van der Waals surface area contributed by atoms with Crippen molar-refractivity contribution in [2.75, 3.05) is 14.2 Å². The zero-order chi connectivity index (χ0) is 17.9. The molecular weight excluding hydrogens is 322 g/mol. The summed E-state index contributed by atoms with van der Waals surface area (Å²) in [5.41, 5.74) is 0.271. The number of ether oxygens (including phenoxy) is 3. The molecule has 1 saturated heterocycles. The van der Waals surface area contributed by atoms with Gasteiger partial charge < -0.3 is 19.5 Å². The molecular formula is C19H25NO5. The first-order valence-corrected chi connectivity index (χ1v) is 8.78. The summed E-state index contributed by atoms with van der Waals surface area (Å²) >= 11 is 0. The Morgan fingerprint density at radius 1 is 1.24 bits per heavy atom. The lowest BCUT2D eigenvalue weighted by Crippen LogP contribution is -2.51. The highest BCUT2D eigenvalue weighted by Gasteiger charge is 2.64. The number of epoxide rings is 1. The summed E-state index contributed by atoms with van der Waals surface area (Å²) in [5, 5.41) is 2.69. The average Bonchev–Trinajstić information content (AvgIpc) is 3.43. The second-order valence-corrected chi connectivity index (χ2v) is 6.64. The van der Waals surface area contributed by atoms with Crippen molar-refractivity contribution in [2.24, 2.45) is 5.92 Å². The number of ketones is 1. The first-order valence-electron chi connectivity index (χ1n) is 8.78. The van der Waals surface area contributed by atoms with Crippen molar-refractivity contribution in [2.45, 2.75) is 50.1 Å². The lowest BCUT2D eigenvalue weighted by Gasteiger charge is -2.33. The normalized spacial score (nSPS) is 28.9. The maximum absolute atomic E-state index is 12.2. The highest BCUT2D eigenvalue weighted by molar-refractivity contribution is 5.99. The number of fused-ring (bicyclic) bond motifs is 1. The number of amides is 1. The summed E-state index contributed by atoms with van der Waals surface area (Å²) in [4.78, 5) is 24.1. The zero-order valence-corrected chi connectivity index (χ0v) is 14.7. The lowest BCUT2D eigenvalue weighted by molar-refractivity contribution is -0.195. The fourth-order valence-electron chi connectivity index (χ4n) is 3.62. The molecule has 1 aliphatic heterocycles. The fourth-order valence-corrected chi connectivity index (χ4v) is 3.62. The molecule has 2 atom stereocenters. The van der Waals surface area contributed by atoms with Crippen molar-refractivity contribution >= 4 is 11.7 Å². The summed E-state index contributed by atoms with van der Waals surface area (Å²) < 4.78 is 16.2. The van der Waals surface area contributed by atoms with Crippen LogP contribution in [0.15, 0.2) is 36.1 Å². The standard InChI is InChI=1S/C19H25NO5/c1-23-19(24-2)15(12-14(21)17-18(19)25-17)20-16(22)11-7-6-10-13-8-4-3-5-9-13/h6-7,10-13,17-18H,3-5,8-9H2,1-2H3,(H,20,22)/b10-6+,11-7+. The Morgan fingerprint density at radius 3 is 2.64 bits per heavy atom. The van der Waals surface area contributed by atoms with Crippen molar-refractivity contribution in [3.8, 4) is 0 Å². The Morgan fingerprint density at radius 2 is 1.96 bits per heavy atom. The van der Waals surface area contributed by atoms with Crippen molar-refractivity contribution in [1.82, 2.24) is 5.32 Å². The number of carbonyl (C=O) groups is 2. The molecule has 2 fully saturated rings. The van der Waals surface area contributed by atoms with E-state index in [9.17, 15) is 9.59 Å². The smallest absolute Gasteiger partial charge is 0.248 e. The first-order chi connectivity index (χ1) is 12.1. The van der Waals surface area contributed by atoms with Crippen molar-refractivity contribution in [1.29, 1.82) is 0 Å². The third kappa shape index (κ3) is 3.76. The summed E-state index contributed by atoms with van der Waals surface area (Å²) in [6.07, 6.45) is 13.8. The van der Waals surface area contributed by atoms with Gasteiger partial charge >= 0.3 is 0 Å². The van der Waals surface area contributed by atoms with Gasteiger partial charge in [-0.25, -0.2) is 0 Å². The van der Waals surface area contributed by atoms with Gasteiger partial charge in [-0.2, -0.15) is 0 Å². The predicted molar refractivity (Wildman–Crippen MR) is 91.5 cm³/mol. The minimum Gasteiger partial charge on any atom is -0.355 e. The fraction of sp³-hybridized carbons (Fsp3) is 0.579. The van der Waals surface area contributed by atoms with Crippen LogP contribution in [0.4, 0.5) is 0 Å². The predicted octanol–water partition coefficient (Wildman–Crippen LogP) is 2.02. The van der Waals surface area contributed by atoms with E-state index in [4.69, 9.17) is 14.2 Å². The minimum atomic E-state index is -1.25. The van der Waals surface area contributed by atoms with Crippen LogP contribution in [0.5, 0.6) is 0 Å². The monoisotopic (exact) mass is 347 g/mol. The molecule has 0 aromatic rings. The van der Waals surface area contributed by atoms with Gasteiger partial charge in [-0.15, -0.1) is 0 Å². The number of hydrogen-bond donors (Lipinski definition) is 1. The van der Waals surface area contributed by atoms with Gasteiger partial charge in [0.2, 0.25) is 11.7 Å². The van der Waals surface area contributed by atoms with Gasteiger partial charge in [-0.05, 0) is 18.8 Å². The van der Waals surface area contributed by atoms with E-state index in [0.717, 1.165) is 0 Å². The quantitative estimate of drug-likeness (QED) is 0.344. The van der Waals surface area contributed by atoms with Gasteiger partial charge in [0.1, 0.15) is 0 Å². The highest BCUT2D eigenvalue weighted by atomic mass is 16.7. The van der Waals surface area contributed by atoms with Crippen molar-refractivity contribution in [3.63, 3.8) is 0 Å². The van der Waals surface area contributed by atoms with E-state index in [0.29, 0.717) is 5.92 Å². The molecule has 0 spiro atoms. The van der Waals surface area contributed by atoms with Crippen LogP contribution in [0.2, 0.25) is 0 Å². The molecule has 6 nitrogen and oxygen atoms in total. The van der Waals surface area contributed by atoms with E-state index in [2.05, 4.69) is 11.4 Å². The molecule has 1 heterocycles. The molecule has 136 valence electrons. The third-order valence-electron chi connectivity index (χ3n) is 5.06. The van der Waals surface area contributed by atoms with Crippen LogP contribution in [0.25, 0.3) is 0 Å². The lowest BCUT2D eigenvalue weighted by atomic mass is 9.89. The Hall–Kier alpha value is -1.76. The van der Waals surface area contributed by atoms with E-state index >= 15 is 0 Å². The molecule has 1 saturated carbocycles. The van der Waals surface area contributed by atoms with E-state index in [-0.39, 0.29) is 17.4 Å². The Kier molecular flexibility index (Phi) is 5.51. The number of allylic oxidation sites excluding steroid dienone is 3. The number of hydrogen-bond acceptors (Lipinski definition) is 5. The SMILES string of the molecule is COC1(OC)C(NC(=O)/C=C/C=C/C2CCCCC2)=CC(=O)C2OC21. The van der Waals surface area contributed by atoms with Crippen LogP contribution in [-0.2, 0) is 23.8 Å². The molecule has 1 amide bonds. The number of methoxy groups -OCH3 is 2. The maximum atomic E-state index is 12.2. The van der Waals surface area contributed by atoms with Crippen LogP contribution >= 0.6 is 0 Å². The van der Waals surface area contributed by atoms with Gasteiger partial charge in [0, 0.05) is 26.4 Å². The number of carbonyl (C=O) groups excluding carboxylic acids is 2. The molecule has 0 bridgehead atoms. The molecule has 0 aromatic heterocycles. The molecule has 2 aliphatic carbocycles. The summed E-state index contributed by atoms with van der Waals surface area (Å²) in [6, 6.07) is 0. The minimum absolute atomic E-state index is 0.189. The summed E-state index contributed by atoms with van der Waals surface area (Å²) in [5.74, 6) is -1.17. The summed E-state index contributed by atoms with van der Waals surface area (Å²) in [7, 11) is 2.92. The molecule has 25 heavy (non-hydrogen) atoms. The highest BCUT2D eigenvalue weighted by Crippen LogP contribution is 2.43. The van der Waals surface area contributed by atoms with Gasteiger partial charge in [0.15, 0.2) is 18.0 Å². The van der Waals surface area contributed by atoms with E-state index < -0.39 is 18.0 Å². The second kappa shape index (κ2) is 7.64. The Bertz CT molecular complexity index is 611. The maximum Gasteiger partial charge on any atom is 0.248 e. The third-order valence-corrected chi connectivity index (χ3v) is 5.06. The number of rotatable bonds is 6. The van der Waals surface area contributed by atoms with Crippen LogP contribution < -0.4 is 5.32 Å².